The van der Waals surface area contributed by atoms with Crippen LogP contribution in [0.1, 0.15) is 37.9 Å². The molecule has 0 heterocycles. The van der Waals surface area contributed by atoms with Gasteiger partial charge in [0.15, 0.2) is 0 Å². The van der Waals surface area contributed by atoms with E-state index < -0.39 is 11.7 Å². The molecule has 1 atom stereocenters. The number of rotatable bonds is 3. The Morgan fingerprint density at radius 2 is 1.75 bits per heavy atom. The van der Waals surface area contributed by atoms with Gasteiger partial charge in [-0.2, -0.15) is 13.2 Å². The Balaban J connectivity index is 2.90. The Morgan fingerprint density at radius 3 is 2.25 bits per heavy atom. The molecule has 0 spiro atoms. The lowest BCUT2D eigenvalue weighted by Crippen LogP contribution is -2.26. The van der Waals surface area contributed by atoms with E-state index in [-0.39, 0.29) is 12.1 Å². The van der Waals surface area contributed by atoms with Crippen molar-refractivity contribution < 1.29 is 13.2 Å². The summed E-state index contributed by atoms with van der Waals surface area (Å²) in [5.41, 5.74) is 0.0610. The quantitative estimate of drug-likeness (QED) is 0.835. The minimum Gasteiger partial charge on any atom is -0.308 e. The van der Waals surface area contributed by atoms with Crippen LogP contribution >= 0.6 is 0 Å². The molecule has 0 amide bonds. The topological polar surface area (TPSA) is 12.0 Å². The number of alkyl halides is 3. The molecule has 1 nitrogen and oxygen atoms in total. The van der Waals surface area contributed by atoms with Gasteiger partial charge in [0.2, 0.25) is 0 Å². The molecule has 0 radical (unpaired) electrons. The fourth-order valence-electron chi connectivity index (χ4n) is 1.58. The average Bonchev–Trinajstić information content (AvgIpc) is 2.15. The predicted octanol–water partition coefficient (Wildman–Crippen LogP) is 3.76. The van der Waals surface area contributed by atoms with E-state index in [0.717, 1.165) is 6.07 Å². The van der Waals surface area contributed by atoms with E-state index in [1.54, 1.807) is 6.07 Å². The van der Waals surface area contributed by atoms with Crippen molar-refractivity contribution in [3.8, 4) is 0 Å². The number of halogens is 3. The maximum atomic E-state index is 12.5. The lowest BCUT2D eigenvalue weighted by Gasteiger charge is -2.18. The molecule has 0 aliphatic rings. The van der Waals surface area contributed by atoms with Gasteiger partial charge in [-0.3, -0.25) is 0 Å². The van der Waals surface area contributed by atoms with Crippen molar-refractivity contribution in [3.63, 3.8) is 0 Å². The molecule has 0 saturated carbocycles. The maximum absolute atomic E-state index is 12.5. The van der Waals surface area contributed by atoms with Crippen molar-refractivity contribution in [2.45, 2.75) is 39.0 Å². The van der Waals surface area contributed by atoms with Crippen LogP contribution in [0, 0.1) is 0 Å². The Kier molecular flexibility index (Phi) is 3.97. The summed E-state index contributed by atoms with van der Waals surface area (Å²) >= 11 is 0. The SMILES string of the molecule is CC(C)N[C@@H](C)c1cccc(C(F)(F)F)c1. The highest BCUT2D eigenvalue weighted by Gasteiger charge is 2.30. The highest BCUT2D eigenvalue weighted by Crippen LogP contribution is 2.30. The Bertz CT molecular complexity index is 344. The van der Waals surface area contributed by atoms with E-state index >= 15 is 0 Å². The molecule has 90 valence electrons. The predicted molar refractivity (Wildman–Crippen MR) is 58.1 cm³/mol. The molecule has 16 heavy (non-hydrogen) atoms. The van der Waals surface area contributed by atoms with Crippen LogP contribution < -0.4 is 5.32 Å². The molecule has 0 fully saturated rings. The van der Waals surface area contributed by atoms with Gasteiger partial charge in [-0.25, -0.2) is 0 Å². The number of hydrogen-bond donors (Lipinski definition) is 1. The van der Waals surface area contributed by atoms with Crippen LogP contribution in [-0.4, -0.2) is 6.04 Å². The molecule has 0 aromatic heterocycles. The summed E-state index contributed by atoms with van der Waals surface area (Å²) in [7, 11) is 0. The molecule has 1 N–H and O–H groups in total. The lowest BCUT2D eigenvalue weighted by molar-refractivity contribution is -0.137. The summed E-state index contributed by atoms with van der Waals surface area (Å²) in [5.74, 6) is 0. The highest BCUT2D eigenvalue weighted by molar-refractivity contribution is 5.27. The van der Waals surface area contributed by atoms with E-state index in [2.05, 4.69) is 5.32 Å². The summed E-state index contributed by atoms with van der Waals surface area (Å²) in [6, 6.07) is 5.59. The van der Waals surface area contributed by atoms with Crippen molar-refractivity contribution in [1.29, 1.82) is 0 Å². The second-order valence-corrected chi connectivity index (χ2v) is 4.17. The molecule has 1 aromatic rings. The summed E-state index contributed by atoms with van der Waals surface area (Å²) in [5, 5.41) is 3.17. The van der Waals surface area contributed by atoms with Crippen LogP contribution in [0.4, 0.5) is 13.2 Å². The van der Waals surface area contributed by atoms with Gasteiger partial charge in [0.05, 0.1) is 5.56 Å². The van der Waals surface area contributed by atoms with Gasteiger partial charge < -0.3 is 5.32 Å². The molecule has 0 saturated heterocycles. The van der Waals surface area contributed by atoms with Crippen molar-refractivity contribution in [3.05, 3.63) is 35.4 Å². The maximum Gasteiger partial charge on any atom is 0.416 e. The summed E-state index contributed by atoms with van der Waals surface area (Å²) < 4.78 is 37.4. The van der Waals surface area contributed by atoms with Crippen LogP contribution in [0.2, 0.25) is 0 Å². The molecule has 4 heteroatoms. The Hall–Kier alpha value is -1.03. The zero-order chi connectivity index (χ0) is 12.3. The van der Waals surface area contributed by atoms with Crippen molar-refractivity contribution in [1.82, 2.24) is 5.32 Å². The first kappa shape index (κ1) is 13.0. The normalized spacial score (nSPS) is 14.2. The van der Waals surface area contributed by atoms with E-state index in [1.165, 1.54) is 12.1 Å². The molecule has 1 aromatic carbocycles. The van der Waals surface area contributed by atoms with Gasteiger partial charge in [-0.15, -0.1) is 0 Å². The van der Waals surface area contributed by atoms with Crippen LogP contribution in [0.15, 0.2) is 24.3 Å². The fourth-order valence-corrected chi connectivity index (χ4v) is 1.58. The van der Waals surface area contributed by atoms with E-state index in [9.17, 15) is 13.2 Å². The number of nitrogens with one attached hydrogen (secondary N) is 1. The van der Waals surface area contributed by atoms with Gasteiger partial charge in [-0.05, 0) is 24.6 Å². The largest absolute Gasteiger partial charge is 0.416 e. The number of benzene rings is 1. The first-order valence-corrected chi connectivity index (χ1v) is 5.24. The Labute approximate surface area is 93.7 Å². The smallest absolute Gasteiger partial charge is 0.308 e. The zero-order valence-electron chi connectivity index (χ0n) is 9.60. The van der Waals surface area contributed by atoms with Crippen LogP contribution in [0.3, 0.4) is 0 Å². The number of hydrogen-bond acceptors (Lipinski definition) is 1. The third kappa shape index (κ3) is 3.52. The minimum absolute atomic E-state index is 0.0812. The van der Waals surface area contributed by atoms with E-state index in [0.29, 0.717) is 5.56 Å². The minimum atomic E-state index is -4.27. The van der Waals surface area contributed by atoms with Gasteiger partial charge in [0.25, 0.3) is 0 Å². The van der Waals surface area contributed by atoms with Crippen molar-refractivity contribution in [2.75, 3.05) is 0 Å². The third-order valence-electron chi connectivity index (χ3n) is 2.30. The molecular formula is C12H16F3N. The van der Waals surface area contributed by atoms with Gasteiger partial charge in [0.1, 0.15) is 0 Å². The van der Waals surface area contributed by atoms with Gasteiger partial charge >= 0.3 is 6.18 Å². The van der Waals surface area contributed by atoms with E-state index in [1.807, 2.05) is 20.8 Å². The summed E-state index contributed by atoms with van der Waals surface area (Å²) in [6.45, 7) is 5.78. The summed E-state index contributed by atoms with van der Waals surface area (Å²) in [4.78, 5) is 0. The first-order chi connectivity index (χ1) is 7.30. The second kappa shape index (κ2) is 4.87. The average molecular weight is 231 g/mol. The molecular weight excluding hydrogens is 215 g/mol. The lowest BCUT2D eigenvalue weighted by atomic mass is 10.0. The summed E-state index contributed by atoms with van der Waals surface area (Å²) in [6.07, 6.45) is -4.27. The molecule has 0 aliphatic carbocycles. The van der Waals surface area contributed by atoms with Gasteiger partial charge in [-0.1, -0.05) is 26.0 Å². The third-order valence-corrected chi connectivity index (χ3v) is 2.30. The molecule has 0 unspecified atom stereocenters. The Morgan fingerprint density at radius 1 is 1.12 bits per heavy atom. The first-order valence-electron chi connectivity index (χ1n) is 5.24. The fraction of sp³-hybridized carbons (Fsp3) is 0.500. The molecule has 0 aliphatic heterocycles. The standard InChI is InChI=1S/C12H16F3N/c1-8(2)16-9(3)10-5-4-6-11(7-10)12(13,14)15/h4-9,16H,1-3H3/t9-/m0/s1. The van der Waals surface area contributed by atoms with Crippen LogP contribution in [0.5, 0.6) is 0 Å². The molecule has 1 rings (SSSR count). The second-order valence-electron chi connectivity index (χ2n) is 4.17. The highest BCUT2D eigenvalue weighted by atomic mass is 19.4. The zero-order valence-corrected chi connectivity index (χ0v) is 9.60. The van der Waals surface area contributed by atoms with Crippen molar-refractivity contribution in [2.24, 2.45) is 0 Å². The van der Waals surface area contributed by atoms with E-state index in [4.69, 9.17) is 0 Å². The molecule has 0 bridgehead atoms. The monoisotopic (exact) mass is 231 g/mol. The van der Waals surface area contributed by atoms with Crippen molar-refractivity contribution >= 4 is 0 Å². The van der Waals surface area contributed by atoms with Crippen LogP contribution in [0.25, 0.3) is 0 Å². The van der Waals surface area contributed by atoms with Gasteiger partial charge in [0, 0.05) is 12.1 Å². The van der Waals surface area contributed by atoms with Crippen LogP contribution in [-0.2, 0) is 6.18 Å².